The highest BCUT2D eigenvalue weighted by molar-refractivity contribution is 6.22. The molecule has 1 atom stereocenters. The number of hydrogen-bond donors (Lipinski definition) is 0. The first-order chi connectivity index (χ1) is 8.18. The van der Waals surface area contributed by atoms with Crippen molar-refractivity contribution in [2.75, 3.05) is 0 Å². The molecule has 2 aromatic carbocycles. The van der Waals surface area contributed by atoms with E-state index in [4.69, 9.17) is 11.6 Å². The van der Waals surface area contributed by atoms with Crippen LogP contribution in [0, 0.1) is 10.1 Å². The van der Waals surface area contributed by atoms with Gasteiger partial charge < -0.3 is 0 Å². The molecule has 0 aliphatic carbocycles. The van der Waals surface area contributed by atoms with Gasteiger partial charge in [0.1, 0.15) is 0 Å². The Hall–Kier alpha value is -1.87. The molecule has 0 amide bonds. The molecule has 0 bridgehead atoms. The highest BCUT2D eigenvalue weighted by Crippen LogP contribution is 2.30. The summed E-state index contributed by atoms with van der Waals surface area (Å²) in [5.74, 6) is 0. The van der Waals surface area contributed by atoms with Crippen molar-refractivity contribution in [1.29, 1.82) is 0 Å². The van der Waals surface area contributed by atoms with Crippen molar-refractivity contribution in [2.45, 2.75) is 5.38 Å². The van der Waals surface area contributed by atoms with E-state index in [-0.39, 0.29) is 11.1 Å². The third-order valence-corrected chi connectivity index (χ3v) is 2.97. The Morgan fingerprint density at radius 3 is 2.29 bits per heavy atom. The standard InChI is InChI=1S/C13H10ClNO2/c14-13(10-5-2-1-3-6-10)11-7-4-8-12(9-11)15(16)17/h1-9,13H/t13-/m1/s1. The zero-order valence-corrected chi connectivity index (χ0v) is 9.67. The van der Waals surface area contributed by atoms with Crippen molar-refractivity contribution < 1.29 is 4.92 Å². The Labute approximate surface area is 104 Å². The van der Waals surface area contributed by atoms with Crippen LogP contribution in [0.2, 0.25) is 0 Å². The first-order valence-electron chi connectivity index (χ1n) is 5.12. The van der Waals surface area contributed by atoms with Crippen molar-refractivity contribution in [3.8, 4) is 0 Å². The number of alkyl halides is 1. The fourth-order valence-corrected chi connectivity index (χ4v) is 1.89. The minimum absolute atomic E-state index is 0.0593. The zero-order chi connectivity index (χ0) is 12.3. The van der Waals surface area contributed by atoms with E-state index in [1.54, 1.807) is 12.1 Å². The van der Waals surface area contributed by atoms with Crippen molar-refractivity contribution in [1.82, 2.24) is 0 Å². The van der Waals surface area contributed by atoms with E-state index in [0.717, 1.165) is 11.1 Å². The predicted molar refractivity (Wildman–Crippen MR) is 67.2 cm³/mol. The number of nitro benzene ring substituents is 1. The highest BCUT2D eigenvalue weighted by Gasteiger charge is 2.13. The Kier molecular flexibility index (Phi) is 3.40. The summed E-state index contributed by atoms with van der Waals surface area (Å²) in [6.07, 6.45) is 0. The van der Waals surface area contributed by atoms with Crippen molar-refractivity contribution in [3.05, 3.63) is 75.8 Å². The summed E-state index contributed by atoms with van der Waals surface area (Å²) in [7, 11) is 0. The van der Waals surface area contributed by atoms with Gasteiger partial charge in [-0.2, -0.15) is 0 Å². The molecule has 0 spiro atoms. The van der Waals surface area contributed by atoms with E-state index in [1.807, 2.05) is 30.3 Å². The third-order valence-electron chi connectivity index (χ3n) is 2.47. The molecular weight excluding hydrogens is 238 g/mol. The molecule has 17 heavy (non-hydrogen) atoms. The number of nitrogens with zero attached hydrogens (tertiary/aromatic N) is 1. The van der Waals surface area contributed by atoms with Crippen molar-refractivity contribution in [3.63, 3.8) is 0 Å². The van der Waals surface area contributed by atoms with E-state index >= 15 is 0 Å². The van der Waals surface area contributed by atoms with Crippen LogP contribution in [0.4, 0.5) is 5.69 Å². The molecule has 0 aromatic heterocycles. The molecule has 0 aliphatic heterocycles. The van der Waals surface area contributed by atoms with Crippen LogP contribution in [0.1, 0.15) is 16.5 Å². The van der Waals surface area contributed by atoms with E-state index in [0.29, 0.717) is 0 Å². The monoisotopic (exact) mass is 247 g/mol. The first-order valence-corrected chi connectivity index (χ1v) is 5.55. The number of halogens is 1. The summed E-state index contributed by atoms with van der Waals surface area (Å²) in [6.45, 7) is 0. The summed E-state index contributed by atoms with van der Waals surface area (Å²) in [4.78, 5) is 10.3. The fourth-order valence-electron chi connectivity index (χ4n) is 1.61. The normalized spacial score (nSPS) is 12.1. The molecule has 0 aliphatic rings. The molecule has 2 rings (SSSR count). The average molecular weight is 248 g/mol. The van der Waals surface area contributed by atoms with Crippen LogP contribution in [-0.4, -0.2) is 4.92 Å². The molecule has 0 N–H and O–H groups in total. The van der Waals surface area contributed by atoms with Crippen LogP contribution >= 0.6 is 11.6 Å². The van der Waals surface area contributed by atoms with Gasteiger partial charge in [-0.1, -0.05) is 42.5 Å². The zero-order valence-electron chi connectivity index (χ0n) is 8.92. The van der Waals surface area contributed by atoms with Gasteiger partial charge in [0.2, 0.25) is 0 Å². The number of rotatable bonds is 3. The molecule has 4 heteroatoms. The molecule has 0 saturated carbocycles. The molecule has 2 aromatic rings. The lowest BCUT2D eigenvalue weighted by Gasteiger charge is -2.09. The van der Waals surface area contributed by atoms with Crippen LogP contribution in [0.15, 0.2) is 54.6 Å². The molecule has 0 radical (unpaired) electrons. The first kappa shape index (κ1) is 11.6. The second-order valence-electron chi connectivity index (χ2n) is 3.63. The van der Waals surface area contributed by atoms with Crippen LogP contribution in [0.3, 0.4) is 0 Å². The number of nitro groups is 1. The smallest absolute Gasteiger partial charge is 0.258 e. The second-order valence-corrected chi connectivity index (χ2v) is 4.06. The summed E-state index contributed by atoms with van der Waals surface area (Å²) >= 11 is 6.29. The predicted octanol–water partition coefficient (Wildman–Crippen LogP) is 3.92. The Morgan fingerprint density at radius 1 is 1.00 bits per heavy atom. The molecule has 0 saturated heterocycles. The second kappa shape index (κ2) is 4.97. The summed E-state index contributed by atoms with van der Waals surface area (Å²) in [6, 6.07) is 15.9. The molecule has 0 unspecified atom stereocenters. The van der Waals surface area contributed by atoms with Gasteiger partial charge in [0.25, 0.3) is 5.69 Å². The van der Waals surface area contributed by atoms with E-state index in [2.05, 4.69) is 0 Å². The number of hydrogen-bond acceptors (Lipinski definition) is 2. The molecule has 0 fully saturated rings. The average Bonchev–Trinajstić information content (AvgIpc) is 2.39. The van der Waals surface area contributed by atoms with Gasteiger partial charge in [0, 0.05) is 12.1 Å². The molecular formula is C13H10ClNO2. The SMILES string of the molecule is O=[N+]([O-])c1cccc([C@H](Cl)c2ccccc2)c1. The largest absolute Gasteiger partial charge is 0.269 e. The minimum Gasteiger partial charge on any atom is -0.258 e. The van der Waals surface area contributed by atoms with Crippen LogP contribution in [-0.2, 0) is 0 Å². The fraction of sp³-hybridized carbons (Fsp3) is 0.0769. The van der Waals surface area contributed by atoms with Gasteiger partial charge in [-0.05, 0) is 11.1 Å². The summed E-state index contributed by atoms with van der Waals surface area (Å²) < 4.78 is 0. The van der Waals surface area contributed by atoms with Gasteiger partial charge in [-0.15, -0.1) is 11.6 Å². The van der Waals surface area contributed by atoms with Gasteiger partial charge >= 0.3 is 0 Å². The van der Waals surface area contributed by atoms with Gasteiger partial charge in [0.15, 0.2) is 0 Å². The topological polar surface area (TPSA) is 43.1 Å². The van der Waals surface area contributed by atoms with Crippen LogP contribution in [0.25, 0.3) is 0 Å². The lowest BCUT2D eigenvalue weighted by atomic mass is 10.0. The van der Waals surface area contributed by atoms with Gasteiger partial charge in [-0.3, -0.25) is 10.1 Å². The molecule has 0 heterocycles. The van der Waals surface area contributed by atoms with Crippen LogP contribution in [0.5, 0.6) is 0 Å². The van der Waals surface area contributed by atoms with Crippen LogP contribution < -0.4 is 0 Å². The number of benzene rings is 2. The van der Waals surface area contributed by atoms with Crippen molar-refractivity contribution >= 4 is 17.3 Å². The number of non-ortho nitro benzene ring substituents is 1. The molecule has 3 nitrogen and oxygen atoms in total. The van der Waals surface area contributed by atoms with E-state index in [9.17, 15) is 10.1 Å². The van der Waals surface area contributed by atoms with Crippen molar-refractivity contribution in [2.24, 2.45) is 0 Å². The van der Waals surface area contributed by atoms with Gasteiger partial charge in [-0.25, -0.2) is 0 Å². The minimum atomic E-state index is -0.419. The Bertz CT molecular complexity index is 528. The maximum absolute atomic E-state index is 10.7. The third kappa shape index (κ3) is 2.63. The Morgan fingerprint density at radius 2 is 1.65 bits per heavy atom. The maximum atomic E-state index is 10.7. The lowest BCUT2D eigenvalue weighted by molar-refractivity contribution is -0.384. The van der Waals surface area contributed by atoms with E-state index in [1.165, 1.54) is 12.1 Å². The summed E-state index contributed by atoms with van der Waals surface area (Å²) in [5, 5.41) is 10.3. The quantitative estimate of drug-likeness (QED) is 0.469. The lowest BCUT2D eigenvalue weighted by Crippen LogP contribution is -1.95. The van der Waals surface area contributed by atoms with E-state index < -0.39 is 4.92 Å². The highest BCUT2D eigenvalue weighted by atomic mass is 35.5. The Balaban J connectivity index is 2.34. The summed E-state index contributed by atoms with van der Waals surface area (Å²) in [5.41, 5.74) is 1.71. The van der Waals surface area contributed by atoms with Gasteiger partial charge in [0.05, 0.1) is 10.3 Å². The maximum Gasteiger partial charge on any atom is 0.269 e. The molecule has 86 valence electrons.